The lowest BCUT2D eigenvalue weighted by molar-refractivity contribution is -0.381. The number of carbonyl (C=O) groups is 2. The molecule has 2 amide bonds. The summed E-state index contributed by atoms with van der Waals surface area (Å²) < 4.78 is 87.4. The standard InChI is InChI=1S/C34H58N2O28S/c1-8-17(42)22(47)24(49)32(56-8)63-29-23(48)18(43)11(4-37)59-34(29)62-27-16(36-10(3)41)30(51)57-14(20(27)45)7-55-31-15(35-9(2)40)21(46)26(13(6-39)60-31)61-33-25(50)28(64-65(52,53)54)19(44)12(5-38)58-33/h8,11-34,37-39,42-51H,4-7H2,1-3H3,(H,35,40)(H,36,41)(H,52,53,54)/t8-,11+,12+,13+,14+,15+,16+,17+,18-,19-,20-,21+,22+,23-,24-,25+,26+,27+,28-,29+,30+,31?,32-,33-,34-/m0/s1. The molecule has 30 nitrogen and oxygen atoms in total. The number of hydrogen-bond acceptors (Lipinski definition) is 27. The molecule has 1 unspecified atom stereocenters. The Morgan fingerprint density at radius 1 is 0.508 bits per heavy atom. The van der Waals surface area contributed by atoms with Gasteiger partial charge in [0.25, 0.3) is 0 Å². The lowest BCUT2D eigenvalue weighted by atomic mass is 9.94. The molecule has 0 bridgehead atoms. The van der Waals surface area contributed by atoms with Gasteiger partial charge >= 0.3 is 10.4 Å². The Hall–Kier alpha value is -2.07. The summed E-state index contributed by atoms with van der Waals surface area (Å²) in [5, 5.41) is 143. The zero-order valence-electron chi connectivity index (χ0n) is 34.6. The molecule has 31 heteroatoms. The second kappa shape index (κ2) is 22.6. The van der Waals surface area contributed by atoms with Gasteiger partial charge in [-0.3, -0.25) is 14.1 Å². The highest BCUT2D eigenvalue weighted by molar-refractivity contribution is 7.80. The van der Waals surface area contributed by atoms with Crippen molar-refractivity contribution in [3.63, 3.8) is 0 Å². The third-order valence-corrected chi connectivity index (χ3v) is 11.7. The molecule has 16 N–H and O–H groups in total. The van der Waals surface area contributed by atoms with Crippen LogP contribution in [0, 0.1) is 0 Å². The van der Waals surface area contributed by atoms with Gasteiger partial charge in [0.1, 0.15) is 116 Å². The third-order valence-electron chi connectivity index (χ3n) is 11.3. The van der Waals surface area contributed by atoms with Crippen molar-refractivity contribution in [2.45, 2.75) is 174 Å². The number of hydrogen-bond donors (Lipinski definition) is 16. The van der Waals surface area contributed by atoms with Crippen molar-refractivity contribution in [3.8, 4) is 0 Å². The zero-order valence-corrected chi connectivity index (χ0v) is 35.5. The summed E-state index contributed by atoms with van der Waals surface area (Å²) in [6.07, 6.45) is -42.8. The van der Waals surface area contributed by atoms with Crippen molar-refractivity contribution >= 4 is 22.2 Å². The van der Waals surface area contributed by atoms with E-state index < -0.39 is 202 Å². The smallest absolute Gasteiger partial charge is 0.394 e. The predicted octanol–water partition coefficient (Wildman–Crippen LogP) is -10.8. The molecule has 5 fully saturated rings. The minimum absolute atomic E-state index is 0.792. The number of rotatable bonds is 16. The third kappa shape index (κ3) is 12.4. The fourth-order valence-corrected chi connectivity index (χ4v) is 8.41. The Morgan fingerprint density at radius 2 is 1.02 bits per heavy atom. The number of nitrogens with one attached hydrogen (secondary N) is 2. The van der Waals surface area contributed by atoms with Crippen LogP contribution < -0.4 is 10.6 Å². The first-order chi connectivity index (χ1) is 30.4. The Kier molecular flexibility index (Phi) is 18.7. The maximum absolute atomic E-state index is 12.4. The van der Waals surface area contributed by atoms with Crippen LogP contribution in [0.5, 0.6) is 0 Å². The fourth-order valence-electron chi connectivity index (χ4n) is 7.90. The normalized spacial score (nSPS) is 47.5. The van der Waals surface area contributed by atoms with Crippen LogP contribution in [0.4, 0.5) is 0 Å². The van der Waals surface area contributed by atoms with Gasteiger partial charge in [-0.1, -0.05) is 0 Å². The first-order valence-electron chi connectivity index (χ1n) is 20.1. The van der Waals surface area contributed by atoms with Crippen molar-refractivity contribution in [2.75, 3.05) is 26.4 Å². The van der Waals surface area contributed by atoms with Gasteiger partial charge in [-0.05, 0) is 6.92 Å². The molecular weight excluding hydrogens is 916 g/mol. The van der Waals surface area contributed by atoms with Gasteiger partial charge in [0.15, 0.2) is 31.5 Å². The van der Waals surface area contributed by atoms with E-state index in [1.807, 2.05) is 0 Å². The predicted molar refractivity (Wildman–Crippen MR) is 199 cm³/mol. The van der Waals surface area contributed by atoms with E-state index in [1.54, 1.807) is 0 Å². The Morgan fingerprint density at radius 3 is 1.60 bits per heavy atom. The lowest BCUT2D eigenvalue weighted by Crippen LogP contribution is -2.69. The summed E-state index contributed by atoms with van der Waals surface area (Å²) in [6, 6.07) is -3.34. The molecule has 65 heavy (non-hydrogen) atoms. The van der Waals surface area contributed by atoms with E-state index >= 15 is 0 Å². The minimum Gasteiger partial charge on any atom is -0.394 e. The first kappa shape index (κ1) is 53.9. The van der Waals surface area contributed by atoms with Crippen LogP contribution in [-0.2, 0) is 66.8 Å². The van der Waals surface area contributed by atoms with Crippen LogP contribution in [0.2, 0.25) is 0 Å². The maximum atomic E-state index is 12.4. The highest BCUT2D eigenvalue weighted by Gasteiger charge is 2.56. The molecule has 5 saturated heterocycles. The average Bonchev–Trinajstić information content (AvgIpc) is 3.23. The van der Waals surface area contributed by atoms with E-state index in [1.165, 1.54) is 6.92 Å². The van der Waals surface area contributed by atoms with Crippen molar-refractivity contribution in [1.29, 1.82) is 0 Å². The number of amides is 2. The molecule has 5 aliphatic rings. The molecule has 5 heterocycles. The quantitative estimate of drug-likeness (QED) is 0.0639. The van der Waals surface area contributed by atoms with Crippen LogP contribution in [0.25, 0.3) is 0 Å². The van der Waals surface area contributed by atoms with E-state index in [0.717, 1.165) is 13.8 Å². The van der Waals surface area contributed by atoms with E-state index in [-0.39, 0.29) is 0 Å². The van der Waals surface area contributed by atoms with E-state index in [4.69, 9.17) is 42.6 Å². The molecule has 0 aromatic carbocycles. The molecular formula is C34H58N2O28S. The van der Waals surface area contributed by atoms with Crippen LogP contribution >= 0.6 is 0 Å². The summed E-state index contributed by atoms with van der Waals surface area (Å²) in [6.45, 7) is -0.420. The van der Waals surface area contributed by atoms with Crippen molar-refractivity contribution in [2.24, 2.45) is 0 Å². The molecule has 5 rings (SSSR count). The van der Waals surface area contributed by atoms with Crippen molar-refractivity contribution < 1.29 is 136 Å². The molecule has 0 radical (unpaired) electrons. The molecule has 0 spiro atoms. The number of aliphatic hydroxyl groups is 13. The summed E-state index contributed by atoms with van der Waals surface area (Å²) in [5.74, 6) is -1.61. The van der Waals surface area contributed by atoms with Crippen LogP contribution in [0.15, 0.2) is 0 Å². The SMILES string of the molecule is CC(=O)N[C@@H]1[C@@H](O[C@@H]2O[C@H](CO)[C@H](O)[C@H](O)[C@H]2O[C@@H]2O[C@@H](C)[C@@H](O)[C@@H](O)[C@@H]2O)[C@@H](O)[C@@H](COC2O[C@H](CO)[C@@H](O[C@@H]3O[C@H](CO)[C@H](O)[C@H](OS(=O)(=O)O)[C@H]3O)[C@H](O)[C@H]2NC(C)=O)O[C@H]1O. The monoisotopic (exact) mass is 974 g/mol. The van der Waals surface area contributed by atoms with E-state index in [2.05, 4.69) is 14.8 Å². The molecule has 378 valence electrons. The van der Waals surface area contributed by atoms with Gasteiger partial charge in [-0.2, -0.15) is 8.42 Å². The molecule has 5 aliphatic heterocycles. The fraction of sp³-hybridized carbons (Fsp3) is 0.941. The van der Waals surface area contributed by atoms with Gasteiger partial charge in [0, 0.05) is 13.8 Å². The minimum atomic E-state index is -5.33. The Bertz CT molecular complexity index is 1670. The lowest BCUT2D eigenvalue weighted by Gasteiger charge is -2.49. The van der Waals surface area contributed by atoms with Gasteiger partial charge in [0.2, 0.25) is 11.8 Å². The molecule has 0 aliphatic carbocycles. The van der Waals surface area contributed by atoms with Gasteiger partial charge in [-0.15, -0.1) is 0 Å². The molecule has 0 aromatic heterocycles. The Labute approximate surface area is 368 Å². The highest BCUT2D eigenvalue weighted by atomic mass is 32.3. The van der Waals surface area contributed by atoms with Gasteiger partial charge in [0.05, 0.1) is 32.5 Å². The topological polar surface area (TPSA) is 468 Å². The zero-order chi connectivity index (χ0) is 48.4. The molecule has 25 atom stereocenters. The van der Waals surface area contributed by atoms with E-state index in [0.29, 0.717) is 0 Å². The highest BCUT2D eigenvalue weighted by Crippen LogP contribution is 2.35. The van der Waals surface area contributed by atoms with Crippen molar-refractivity contribution in [1.82, 2.24) is 10.6 Å². The van der Waals surface area contributed by atoms with Gasteiger partial charge in [-0.25, -0.2) is 4.18 Å². The van der Waals surface area contributed by atoms with E-state index in [9.17, 15) is 88.9 Å². The first-order valence-corrected chi connectivity index (χ1v) is 21.5. The van der Waals surface area contributed by atoms with Crippen LogP contribution in [0.3, 0.4) is 0 Å². The van der Waals surface area contributed by atoms with Crippen LogP contribution in [-0.4, -0.2) is 271 Å². The summed E-state index contributed by atoms with van der Waals surface area (Å²) in [5.41, 5.74) is 0. The summed E-state index contributed by atoms with van der Waals surface area (Å²) in [7, 11) is -5.33. The number of ether oxygens (including phenoxy) is 9. The second-order valence-corrected chi connectivity index (χ2v) is 17.0. The average molecular weight is 975 g/mol. The molecule has 0 aromatic rings. The van der Waals surface area contributed by atoms with Crippen LogP contribution in [0.1, 0.15) is 20.8 Å². The summed E-state index contributed by atoms with van der Waals surface area (Å²) in [4.78, 5) is 24.6. The maximum Gasteiger partial charge on any atom is 0.397 e. The summed E-state index contributed by atoms with van der Waals surface area (Å²) >= 11 is 0. The second-order valence-electron chi connectivity index (χ2n) is 15.9. The number of carbonyl (C=O) groups excluding carboxylic acids is 2. The molecule has 0 saturated carbocycles. The van der Waals surface area contributed by atoms with Gasteiger partial charge < -0.3 is 120 Å². The largest absolute Gasteiger partial charge is 0.397 e. The van der Waals surface area contributed by atoms with Crippen molar-refractivity contribution in [3.05, 3.63) is 0 Å². The number of aliphatic hydroxyl groups excluding tert-OH is 13. The Balaban J connectivity index is 1.36.